The normalized spacial score (nSPS) is 10.4. The number of hydrogen-bond donors (Lipinski definition) is 1. The molecule has 0 unspecified atom stereocenters. The Morgan fingerprint density at radius 2 is 1.96 bits per heavy atom. The molecular formula is C19H20N2O4. The number of carbonyl (C=O) groups excluding carboxylic acids is 1. The van der Waals surface area contributed by atoms with E-state index in [0.29, 0.717) is 5.75 Å². The van der Waals surface area contributed by atoms with Gasteiger partial charge in [-0.2, -0.15) is 5.26 Å². The summed E-state index contributed by atoms with van der Waals surface area (Å²) in [5.41, 5.74) is 1.52. The Morgan fingerprint density at radius 1 is 1.28 bits per heavy atom. The highest BCUT2D eigenvalue weighted by atomic mass is 16.5. The van der Waals surface area contributed by atoms with Crippen molar-refractivity contribution in [2.75, 3.05) is 6.61 Å². The summed E-state index contributed by atoms with van der Waals surface area (Å²) >= 11 is 0. The highest BCUT2D eigenvalue weighted by molar-refractivity contribution is 6.01. The number of aryl methyl sites for hydroxylation is 2. The van der Waals surface area contributed by atoms with Gasteiger partial charge in [0, 0.05) is 6.54 Å². The Balaban J connectivity index is 2.37. The van der Waals surface area contributed by atoms with Crippen molar-refractivity contribution in [1.29, 1.82) is 5.26 Å². The number of carbonyl (C=O) groups is 1. The standard InChI is InChI=1S/C19H20N2O4/c1-5-21-18(23)15(9-20)13(4)17(19(21)24)16(22)10-25-14-7-6-11(2)12(3)8-14/h6-8,24H,5,10H2,1-4H3. The molecular weight excluding hydrogens is 320 g/mol. The molecule has 0 atom stereocenters. The van der Waals surface area contributed by atoms with E-state index in [1.807, 2.05) is 32.0 Å². The van der Waals surface area contributed by atoms with E-state index in [1.54, 1.807) is 13.0 Å². The molecule has 130 valence electrons. The third-order valence-corrected chi connectivity index (χ3v) is 4.24. The molecule has 2 rings (SSSR count). The number of hydrogen-bond acceptors (Lipinski definition) is 5. The SMILES string of the molecule is CCn1c(O)c(C(=O)COc2ccc(C)c(C)c2)c(C)c(C#N)c1=O. The van der Waals surface area contributed by atoms with Crippen molar-refractivity contribution in [3.05, 3.63) is 56.4 Å². The van der Waals surface area contributed by atoms with E-state index in [4.69, 9.17) is 4.74 Å². The van der Waals surface area contributed by atoms with Crippen LogP contribution in [-0.2, 0) is 6.54 Å². The largest absolute Gasteiger partial charge is 0.494 e. The summed E-state index contributed by atoms with van der Waals surface area (Å²) in [6.45, 7) is 6.89. The maximum Gasteiger partial charge on any atom is 0.271 e. The van der Waals surface area contributed by atoms with Gasteiger partial charge in [0.15, 0.2) is 6.61 Å². The van der Waals surface area contributed by atoms with Gasteiger partial charge in [-0.05, 0) is 56.5 Å². The number of ether oxygens (including phenoxy) is 1. The summed E-state index contributed by atoms with van der Waals surface area (Å²) < 4.78 is 6.52. The van der Waals surface area contributed by atoms with Crippen LogP contribution in [0.25, 0.3) is 0 Å². The van der Waals surface area contributed by atoms with Crippen LogP contribution in [0.2, 0.25) is 0 Å². The zero-order valence-electron chi connectivity index (χ0n) is 14.7. The van der Waals surface area contributed by atoms with Crippen LogP contribution in [0.4, 0.5) is 0 Å². The third-order valence-electron chi connectivity index (χ3n) is 4.24. The third kappa shape index (κ3) is 3.41. The number of Topliss-reactive ketones (excluding diaryl/α,β-unsaturated/α-hetero) is 1. The molecule has 0 aliphatic heterocycles. The molecule has 0 radical (unpaired) electrons. The summed E-state index contributed by atoms with van der Waals surface area (Å²) in [7, 11) is 0. The first kappa shape index (κ1) is 18.3. The molecule has 0 saturated heterocycles. The van der Waals surface area contributed by atoms with Gasteiger partial charge in [-0.15, -0.1) is 0 Å². The molecule has 6 nitrogen and oxygen atoms in total. The fourth-order valence-corrected chi connectivity index (χ4v) is 2.60. The number of ketones is 1. The Morgan fingerprint density at radius 3 is 2.52 bits per heavy atom. The highest BCUT2D eigenvalue weighted by Gasteiger charge is 2.23. The molecule has 0 saturated carbocycles. The summed E-state index contributed by atoms with van der Waals surface area (Å²) in [6, 6.07) is 7.28. The molecule has 0 spiro atoms. The molecule has 1 aromatic carbocycles. The number of aromatic nitrogens is 1. The average Bonchev–Trinajstić information content (AvgIpc) is 2.56. The van der Waals surface area contributed by atoms with E-state index in [-0.39, 0.29) is 29.8 Å². The topological polar surface area (TPSA) is 92.3 Å². The van der Waals surface area contributed by atoms with Crippen LogP contribution in [0.3, 0.4) is 0 Å². The van der Waals surface area contributed by atoms with Gasteiger partial charge in [-0.3, -0.25) is 14.2 Å². The number of nitrogens with zero attached hydrogens (tertiary/aromatic N) is 2. The Bertz CT molecular complexity index is 936. The summed E-state index contributed by atoms with van der Waals surface area (Å²) in [5, 5.41) is 19.5. The predicted molar refractivity (Wildman–Crippen MR) is 93.2 cm³/mol. The van der Waals surface area contributed by atoms with Crippen LogP contribution in [0.15, 0.2) is 23.0 Å². The highest BCUT2D eigenvalue weighted by Crippen LogP contribution is 2.23. The van der Waals surface area contributed by atoms with Crippen LogP contribution in [0.1, 0.15) is 39.5 Å². The van der Waals surface area contributed by atoms with Crippen LogP contribution in [-0.4, -0.2) is 22.1 Å². The first-order chi connectivity index (χ1) is 11.8. The number of benzene rings is 1. The van der Waals surface area contributed by atoms with Gasteiger partial charge in [0.2, 0.25) is 11.7 Å². The summed E-state index contributed by atoms with van der Waals surface area (Å²) in [4.78, 5) is 24.7. The van der Waals surface area contributed by atoms with Crippen molar-refractivity contribution < 1.29 is 14.6 Å². The number of rotatable bonds is 5. The van der Waals surface area contributed by atoms with E-state index in [0.717, 1.165) is 15.7 Å². The zero-order chi connectivity index (χ0) is 18.7. The van der Waals surface area contributed by atoms with E-state index >= 15 is 0 Å². The minimum absolute atomic E-state index is 0.0539. The van der Waals surface area contributed by atoms with Gasteiger partial charge in [-0.25, -0.2) is 0 Å². The van der Waals surface area contributed by atoms with Crippen molar-refractivity contribution >= 4 is 5.78 Å². The first-order valence-corrected chi connectivity index (χ1v) is 7.91. The van der Waals surface area contributed by atoms with Crippen LogP contribution >= 0.6 is 0 Å². The fourth-order valence-electron chi connectivity index (χ4n) is 2.60. The monoisotopic (exact) mass is 340 g/mol. The summed E-state index contributed by atoms with van der Waals surface area (Å²) in [6.07, 6.45) is 0. The van der Waals surface area contributed by atoms with Crippen molar-refractivity contribution in [3.63, 3.8) is 0 Å². The molecule has 6 heteroatoms. The number of nitriles is 1. The van der Waals surface area contributed by atoms with Crippen LogP contribution in [0.5, 0.6) is 11.6 Å². The molecule has 1 heterocycles. The minimum Gasteiger partial charge on any atom is -0.494 e. The second kappa shape index (κ2) is 7.22. The van der Waals surface area contributed by atoms with E-state index < -0.39 is 17.2 Å². The molecule has 1 N–H and O–H groups in total. The van der Waals surface area contributed by atoms with Crippen LogP contribution in [0, 0.1) is 32.1 Å². The van der Waals surface area contributed by atoms with Crippen molar-refractivity contribution in [3.8, 4) is 17.7 Å². The lowest BCUT2D eigenvalue weighted by molar-refractivity contribution is 0.0916. The second-order valence-electron chi connectivity index (χ2n) is 5.82. The number of pyridine rings is 1. The summed E-state index contributed by atoms with van der Waals surface area (Å²) in [5.74, 6) is -0.387. The molecule has 25 heavy (non-hydrogen) atoms. The molecule has 2 aromatic rings. The quantitative estimate of drug-likeness (QED) is 0.845. The van der Waals surface area contributed by atoms with E-state index in [2.05, 4.69) is 0 Å². The molecule has 1 aromatic heterocycles. The molecule has 0 fully saturated rings. The second-order valence-corrected chi connectivity index (χ2v) is 5.82. The Hall–Kier alpha value is -3.07. The fraction of sp³-hybridized carbons (Fsp3) is 0.316. The first-order valence-electron chi connectivity index (χ1n) is 7.91. The number of aromatic hydroxyl groups is 1. The predicted octanol–water partition coefficient (Wildman–Crippen LogP) is 2.63. The van der Waals surface area contributed by atoms with Crippen LogP contribution < -0.4 is 10.3 Å². The lowest BCUT2D eigenvalue weighted by atomic mass is 10.0. The maximum absolute atomic E-state index is 12.5. The van der Waals surface area contributed by atoms with E-state index in [1.165, 1.54) is 6.92 Å². The molecule has 0 amide bonds. The van der Waals surface area contributed by atoms with Crippen molar-refractivity contribution in [1.82, 2.24) is 4.57 Å². The smallest absolute Gasteiger partial charge is 0.271 e. The Kier molecular flexibility index (Phi) is 5.28. The average molecular weight is 340 g/mol. The maximum atomic E-state index is 12.5. The molecule has 0 aliphatic rings. The van der Waals surface area contributed by atoms with Gasteiger partial charge in [-0.1, -0.05) is 6.07 Å². The van der Waals surface area contributed by atoms with Crippen molar-refractivity contribution in [2.24, 2.45) is 0 Å². The van der Waals surface area contributed by atoms with Gasteiger partial charge < -0.3 is 9.84 Å². The molecule has 0 aliphatic carbocycles. The minimum atomic E-state index is -0.605. The zero-order valence-corrected chi connectivity index (χ0v) is 14.7. The Labute approximate surface area is 145 Å². The van der Waals surface area contributed by atoms with Gasteiger partial charge in [0.25, 0.3) is 5.56 Å². The van der Waals surface area contributed by atoms with Gasteiger partial charge >= 0.3 is 0 Å². The van der Waals surface area contributed by atoms with Gasteiger partial charge in [0.05, 0.1) is 5.56 Å². The van der Waals surface area contributed by atoms with E-state index in [9.17, 15) is 20.0 Å². The lowest BCUT2D eigenvalue weighted by Gasteiger charge is -2.14. The lowest BCUT2D eigenvalue weighted by Crippen LogP contribution is -2.27. The van der Waals surface area contributed by atoms with Gasteiger partial charge in [0.1, 0.15) is 17.4 Å². The molecule has 0 bridgehead atoms. The van der Waals surface area contributed by atoms with Crippen molar-refractivity contribution in [2.45, 2.75) is 34.2 Å².